The molecule has 0 aliphatic heterocycles. The second kappa shape index (κ2) is 8.99. The minimum Gasteiger partial charge on any atom is -0.468 e. The number of rotatable bonds is 7. The number of hydrogen-bond acceptors (Lipinski definition) is 4. The van der Waals surface area contributed by atoms with Gasteiger partial charge in [0.15, 0.2) is 0 Å². The number of esters is 1. The van der Waals surface area contributed by atoms with Crippen molar-refractivity contribution in [3.63, 3.8) is 0 Å². The molecule has 0 aromatic heterocycles. The fraction of sp³-hybridized carbons (Fsp3) is 0.467. The van der Waals surface area contributed by atoms with Gasteiger partial charge in [-0.3, -0.25) is 14.9 Å². The summed E-state index contributed by atoms with van der Waals surface area (Å²) in [6.45, 7) is 4.10. The highest BCUT2D eigenvalue weighted by Crippen LogP contribution is 2.16. The molecule has 1 rings (SSSR count). The number of carbonyl (C=O) groups excluding carboxylic acids is 2. The monoisotopic (exact) mass is 404 g/mol. The van der Waals surface area contributed by atoms with E-state index in [1.807, 2.05) is 38.1 Å². The molecule has 0 saturated heterocycles. The summed E-state index contributed by atoms with van der Waals surface area (Å²) in [6, 6.07) is 7.06. The van der Waals surface area contributed by atoms with E-state index in [1.165, 1.54) is 7.11 Å². The van der Waals surface area contributed by atoms with Gasteiger partial charge in [0.1, 0.15) is 6.04 Å². The lowest BCUT2D eigenvalue weighted by Crippen LogP contribution is -2.42. The Balaban J connectivity index is 2.53. The fourth-order valence-corrected chi connectivity index (χ4v) is 2.37. The van der Waals surface area contributed by atoms with E-state index in [9.17, 15) is 9.59 Å². The summed E-state index contributed by atoms with van der Waals surface area (Å²) in [6.07, 6.45) is 0.628. The molecule has 1 unspecified atom stereocenters. The molecule has 0 saturated carbocycles. The molecule has 21 heavy (non-hydrogen) atoms. The van der Waals surface area contributed by atoms with Crippen LogP contribution in [0.3, 0.4) is 0 Å². The van der Waals surface area contributed by atoms with Gasteiger partial charge >= 0.3 is 5.97 Å². The van der Waals surface area contributed by atoms with Crippen LogP contribution in [0.2, 0.25) is 0 Å². The number of halogens is 1. The number of anilines is 1. The van der Waals surface area contributed by atoms with Crippen LogP contribution in [0.25, 0.3) is 0 Å². The van der Waals surface area contributed by atoms with Gasteiger partial charge in [0, 0.05) is 3.57 Å². The summed E-state index contributed by atoms with van der Waals surface area (Å²) in [4.78, 5) is 23.6. The highest BCUT2D eigenvalue weighted by Gasteiger charge is 2.20. The zero-order valence-electron chi connectivity index (χ0n) is 12.5. The van der Waals surface area contributed by atoms with Crippen LogP contribution in [0.1, 0.15) is 20.3 Å². The second-order valence-corrected chi connectivity index (χ2v) is 6.28. The van der Waals surface area contributed by atoms with Crippen molar-refractivity contribution in [1.29, 1.82) is 0 Å². The first kappa shape index (κ1) is 17.9. The third-order valence-corrected chi connectivity index (χ3v) is 3.79. The smallest absolute Gasteiger partial charge is 0.322 e. The van der Waals surface area contributed by atoms with Gasteiger partial charge in [-0.2, -0.15) is 0 Å². The van der Waals surface area contributed by atoms with E-state index in [0.717, 1.165) is 9.26 Å². The van der Waals surface area contributed by atoms with E-state index in [0.29, 0.717) is 12.3 Å². The van der Waals surface area contributed by atoms with Gasteiger partial charge < -0.3 is 10.1 Å². The standard InChI is InChI=1S/C15H21IN2O3/c1-10(2)8-13(15(20)21-3)17-9-14(19)18-12-7-5-4-6-11(12)16/h4-7,10,13,17H,8-9H2,1-3H3,(H,18,19). The Morgan fingerprint density at radius 1 is 1.29 bits per heavy atom. The van der Waals surface area contributed by atoms with Crippen LogP contribution in [-0.4, -0.2) is 31.6 Å². The van der Waals surface area contributed by atoms with Crippen molar-refractivity contribution < 1.29 is 14.3 Å². The molecule has 0 aliphatic carbocycles. The third-order valence-electron chi connectivity index (χ3n) is 2.85. The Morgan fingerprint density at radius 3 is 2.52 bits per heavy atom. The molecule has 116 valence electrons. The topological polar surface area (TPSA) is 67.4 Å². The highest BCUT2D eigenvalue weighted by molar-refractivity contribution is 14.1. The fourth-order valence-electron chi connectivity index (χ4n) is 1.85. The van der Waals surface area contributed by atoms with Crippen molar-refractivity contribution in [3.05, 3.63) is 27.8 Å². The Labute approximate surface area is 139 Å². The highest BCUT2D eigenvalue weighted by atomic mass is 127. The van der Waals surface area contributed by atoms with Gasteiger partial charge in [0.25, 0.3) is 0 Å². The molecular formula is C15H21IN2O3. The van der Waals surface area contributed by atoms with Crippen LogP contribution in [0, 0.1) is 9.49 Å². The Morgan fingerprint density at radius 2 is 1.95 bits per heavy atom. The zero-order chi connectivity index (χ0) is 15.8. The van der Waals surface area contributed by atoms with E-state index < -0.39 is 6.04 Å². The SMILES string of the molecule is COC(=O)C(CC(C)C)NCC(=O)Nc1ccccc1I. The van der Waals surface area contributed by atoms with E-state index in [1.54, 1.807) is 0 Å². The van der Waals surface area contributed by atoms with Crippen molar-refractivity contribution in [2.75, 3.05) is 19.0 Å². The first-order chi connectivity index (χ1) is 9.93. The molecule has 0 radical (unpaired) electrons. The molecule has 0 spiro atoms. The van der Waals surface area contributed by atoms with Gasteiger partial charge in [-0.1, -0.05) is 26.0 Å². The maximum absolute atomic E-state index is 11.9. The van der Waals surface area contributed by atoms with Crippen LogP contribution in [0.4, 0.5) is 5.69 Å². The number of hydrogen-bond donors (Lipinski definition) is 2. The average Bonchev–Trinajstić information content (AvgIpc) is 2.44. The van der Waals surface area contributed by atoms with E-state index in [4.69, 9.17) is 4.74 Å². The van der Waals surface area contributed by atoms with Crippen molar-refractivity contribution in [1.82, 2.24) is 5.32 Å². The second-order valence-electron chi connectivity index (χ2n) is 5.11. The molecule has 2 N–H and O–H groups in total. The summed E-state index contributed by atoms with van der Waals surface area (Å²) >= 11 is 2.16. The summed E-state index contributed by atoms with van der Waals surface area (Å²) in [7, 11) is 1.35. The molecule has 1 amide bonds. The Hall–Kier alpha value is -1.15. The van der Waals surface area contributed by atoms with Crippen molar-refractivity contribution in [3.8, 4) is 0 Å². The lowest BCUT2D eigenvalue weighted by Gasteiger charge is -2.18. The maximum Gasteiger partial charge on any atom is 0.322 e. The van der Waals surface area contributed by atoms with Crippen LogP contribution < -0.4 is 10.6 Å². The normalized spacial score (nSPS) is 12.0. The molecule has 0 bridgehead atoms. The number of ether oxygens (including phenoxy) is 1. The van der Waals surface area contributed by atoms with E-state index >= 15 is 0 Å². The van der Waals surface area contributed by atoms with Gasteiger partial charge in [-0.15, -0.1) is 0 Å². The molecule has 6 heteroatoms. The zero-order valence-corrected chi connectivity index (χ0v) is 14.6. The minimum absolute atomic E-state index is 0.0669. The molecular weight excluding hydrogens is 383 g/mol. The lowest BCUT2D eigenvalue weighted by molar-refractivity contribution is -0.143. The molecule has 1 atom stereocenters. The maximum atomic E-state index is 11.9. The van der Waals surface area contributed by atoms with Gasteiger partial charge in [0.2, 0.25) is 5.91 Å². The summed E-state index contributed by atoms with van der Waals surface area (Å²) < 4.78 is 5.72. The predicted molar refractivity (Wildman–Crippen MR) is 91.1 cm³/mol. The Bertz CT molecular complexity index is 492. The molecule has 5 nitrogen and oxygen atoms in total. The van der Waals surface area contributed by atoms with Gasteiger partial charge in [0.05, 0.1) is 19.3 Å². The number of amides is 1. The molecule has 0 fully saturated rings. The number of methoxy groups -OCH3 is 1. The molecule has 0 heterocycles. The quantitative estimate of drug-likeness (QED) is 0.541. The largest absolute Gasteiger partial charge is 0.468 e. The lowest BCUT2D eigenvalue weighted by atomic mass is 10.0. The first-order valence-electron chi connectivity index (χ1n) is 6.79. The Kier molecular flexibility index (Phi) is 7.66. The number of para-hydroxylation sites is 1. The summed E-state index contributed by atoms with van der Waals surface area (Å²) in [5, 5.41) is 5.77. The van der Waals surface area contributed by atoms with Crippen molar-refractivity contribution in [2.45, 2.75) is 26.3 Å². The predicted octanol–water partition coefficient (Wildman–Crippen LogP) is 2.41. The van der Waals surface area contributed by atoms with Crippen molar-refractivity contribution in [2.24, 2.45) is 5.92 Å². The first-order valence-corrected chi connectivity index (χ1v) is 7.87. The third kappa shape index (κ3) is 6.43. The summed E-state index contributed by atoms with van der Waals surface area (Å²) in [5.41, 5.74) is 0.767. The number of benzene rings is 1. The average molecular weight is 404 g/mol. The summed E-state index contributed by atoms with van der Waals surface area (Å²) in [5.74, 6) is -0.192. The van der Waals surface area contributed by atoms with E-state index in [-0.39, 0.29) is 18.4 Å². The molecule has 1 aromatic rings. The van der Waals surface area contributed by atoms with Crippen molar-refractivity contribution >= 4 is 40.2 Å². The van der Waals surface area contributed by atoms with E-state index in [2.05, 4.69) is 33.2 Å². The minimum atomic E-state index is -0.462. The number of carbonyl (C=O) groups is 2. The van der Waals surface area contributed by atoms with Gasteiger partial charge in [-0.05, 0) is 47.1 Å². The van der Waals surface area contributed by atoms with Gasteiger partial charge in [-0.25, -0.2) is 0 Å². The number of nitrogens with one attached hydrogen (secondary N) is 2. The molecule has 1 aromatic carbocycles. The van der Waals surface area contributed by atoms with Crippen LogP contribution in [0.15, 0.2) is 24.3 Å². The molecule has 0 aliphatic rings. The van der Waals surface area contributed by atoms with Crippen LogP contribution in [0.5, 0.6) is 0 Å². The van der Waals surface area contributed by atoms with Crippen LogP contribution in [-0.2, 0) is 14.3 Å². The van der Waals surface area contributed by atoms with Crippen LogP contribution >= 0.6 is 22.6 Å².